The second-order valence-corrected chi connectivity index (χ2v) is 12.8. The van der Waals surface area contributed by atoms with E-state index in [-0.39, 0.29) is 0 Å². The van der Waals surface area contributed by atoms with Gasteiger partial charge in [-0.15, -0.1) is 0 Å². The summed E-state index contributed by atoms with van der Waals surface area (Å²) in [6.45, 7) is 2.27. The Kier molecular flexibility index (Phi) is 6.57. The van der Waals surface area contributed by atoms with Gasteiger partial charge in [-0.25, -0.2) is 0 Å². The lowest BCUT2D eigenvalue weighted by Gasteiger charge is -2.20. The lowest BCUT2D eigenvalue weighted by molar-refractivity contribution is 0.690. The van der Waals surface area contributed by atoms with Gasteiger partial charge in [0.2, 0.25) is 0 Å². The van der Waals surface area contributed by atoms with Crippen molar-refractivity contribution in [3.63, 3.8) is 0 Å². The van der Waals surface area contributed by atoms with Crippen molar-refractivity contribution in [1.82, 2.24) is 9.13 Å². The Morgan fingerprint density at radius 3 is 2.10 bits per heavy atom. The number of aromatic nitrogens is 2. The van der Waals surface area contributed by atoms with Crippen LogP contribution in [-0.2, 0) is 6.42 Å². The molecule has 8 aromatic rings. The van der Waals surface area contributed by atoms with Crippen LogP contribution in [0.1, 0.15) is 29.3 Å². The predicted molar refractivity (Wildman–Crippen MR) is 200 cm³/mol. The van der Waals surface area contributed by atoms with E-state index in [4.69, 9.17) is 0 Å². The van der Waals surface area contributed by atoms with E-state index in [1.807, 2.05) is 36.4 Å². The fourth-order valence-corrected chi connectivity index (χ4v) is 7.88. The Bertz CT molecular complexity index is 2740. The number of hydrogen-bond acceptors (Lipinski definition) is 2. The van der Waals surface area contributed by atoms with Crippen LogP contribution in [0.25, 0.3) is 72.4 Å². The third-order valence-electron chi connectivity index (χ3n) is 9.95. The summed E-state index contributed by atoms with van der Waals surface area (Å²) in [4.78, 5) is 0. The molecule has 230 valence electrons. The molecule has 1 aliphatic carbocycles. The SMILES string of the molecule is CC1C=Cc2c(n(-c3cccc(-c4c(C#N)cccc4-c4ccccc4-n4c5ccccc5c5c(C#N)cccc54)c3)c3ccccc23)C1. The van der Waals surface area contributed by atoms with Gasteiger partial charge in [0.1, 0.15) is 0 Å². The van der Waals surface area contributed by atoms with Gasteiger partial charge in [-0.2, -0.15) is 10.5 Å². The number of para-hydroxylation sites is 3. The summed E-state index contributed by atoms with van der Waals surface area (Å²) < 4.78 is 4.66. The number of benzene rings is 6. The Hall–Kier alpha value is -6.62. The molecule has 0 fully saturated rings. The fourth-order valence-electron chi connectivity index (χ4n) is 7.88. The molecule has 4 nitrogen and oxygen atoms in total. The molecule has 0 N–H and O–H groups in total. The minimum Gasteiger partial charge on any atom is -0.313 e. The Labute approximate surface area is 284 Å². The van der Waals surface area contributed by atoms with Crippen molar-refractivity contribution in [2.24, 2.45) is 5.92 Å². The van der Waals surface area contributed by atoms with Crippen LogP contribution in [0.15, 0.2) is 140 Å². The third-order valence-corrected chi connectivity index (χ3v) is 9.95. The summed E-state index contributed by atoms with van der Waals surface area (Å²) in [6, 6.07) is 50.8. The summed E-state index contributed by atoms with van der Waals surface area (Å²) >= 11 is 0. The first-order chi connectivity index (χ1) is 24.2. The molecule has 0 saturated carbocycles. The van der Waals surface area contributed by atoms with Crippen LogP contribution in [0.3, 0.4) is 0 Å². The van der Waals surface area contributed by atoms with Crippen LogP contribution in [0, 0.1) is 28.6 Å². The number of fused-ring (bicyclic) bond motifs is 6. The van der Waals surface area contributed by atoms with Crippen LogP contribution >= 0.6 is 0 Å². The molecular formula is C45H30N4. The predicted octanol–water partition coefficient (Wildman–Crippen LogP) is 11.0. The normalized spacial score (nSPS) is 13.8. The first kappa shape index (κ1) is 28.6. The molecule has 49 heavy (non-hydrogen) atoms. The van der Waals surface area contributed by atoms with E-state index in [1.54, 1.807) is 0 Å². The van der Waals surface area contributed by atoms with Crippen LogP contribution in [-0.4, -0.2) is 9.13 Å². The number of hydrogen-bond donors (Lipinski definition) is 0. The minimum atomic E-state index is 0.450. The Morgan fingerprint density at radius 1 is 0.612 bits per heavy atom. The number of nitriles is 2. The van der Waals surface area contributed by atoms with Gasteiger partial charge in [0.25, 0.3) is 0 Å². The van der Waals surface area contributed by atoms with E-state index in [1.165, 1.54) is 22.2 Å². The molecule has 0 amide bonds. The van der Waals surface area contributed by atoms with Gasteiger partial charge in [0, 0.05) is 44.2 Å². The zero-order valence-corrected chi connectivity index (χ0v) is 26.9. The van der Waals surface area contributed by atoms with Crippen molar-refractivity contribution >= 4 is 38.8 Å². The molecule has 6 aromatic carbocycles. The highest BCUT2D eigenvalue weighted by molar-refractivity contribution is 6.12. The average molecular weight is 627 g/mol. The van der Waals surface area contributed by atoms with Crippen molar-refractivity contribution in [2.75, 3.05) is 0 Å². The minimum absolute atomic E-state index is 0.450. The zero-order chi connectivity index (χ0) is 33.1. The third kappa shape index (κ3) is 4.36. The van der Waals surface area contributed by atoms with Crippen LogP contribution in [0.4, 0.5) is 0 Å². The molecule has 0 saturated heterocycles. The van der Waals surface area contributed by atoms with Gasteiger partial charge in [0.05, 0.1) is 45.5 Å². The Balaban J connectivity index is 1.29. The smallest absolute Gasteiger partial charge is 0.0998 e. The van der Waals surface area contributed by atoms with Crippen LogP contribution in [0.5, 0.6) is 0 Å². The molecule has 1 atom stereocenters. The highest BCUT2D eigenvalue weighted by Crippen LogP contribution is 2.42. The van der Waals surface area contributed by atoms with Crippen LogP contribution in [0.2, 0.25) is 0 Å². The van der Waals surface area contributed by atoms with Crippen molar-refractivity contribution in [3.05, 3.63) is 162 Å². The van der Waals surface area contributed by atoms with E-state index in [0.29, 0.717) is 17.0 Å². The van der Waals surface area contributed by atoms with E-state index < -0.39 is 0 Å². The molecule has 2 heterocycles. The van der Waals surface area contributed by atoms with Gasteiger partial charge < -0.3 is 9.13 Å². The largest absolute Gasteiger partial charge is 0.313 e. The molecule has 1 aliphatic rings. The summed E-state index contributed by atoms with van der Waals surface area (Å²) in [5.41, 5.74) is 13.0. The maximum absolute atomic E-state index is 10.5. The van der Waals surface area contributed by atoms with Gasteiger partial charge >= 0.3 is 0 Å². The molecule has 0 aliphatic heterocycles. The van der Waals surface area contributed by atoms with E-state index >= 15 is 0 Å². The second-order valence-electron chi connectivity index (χ2n) is 12.8. The number of rotatable bonds is 4. The topological polar surface area (TPSA) is 57.4 Å². The van der Waals surface area contributed by atoms with Crippen molar-refractivity contribution in [3.8, 4) is 45.8 Å². The maximum atomic E-state index is 10.5. The molecule has 2 aromatic heterocycles. The lowest BCUT2D eigenvalue weighted by Crippen LogP contribution is -2.08. The second kappa shape index (κ2) is 11.3. The lowest BCUT2D eigenvalue weighted by atomic mass is 9.89. The van der Waals surface area contributed by atoms with Crippen molar-refractivity contribution in [2.45, 2.75) is 13.3 Å². The summed E-state index contributed by atoms with van der Waals surface area (Å²) in [5, 5.41) is 23.8. The maximum Gasteiger partial charge on any atom is 0.0998 e. The summed E-state index contributed by atoms with van der Waals surface area (Å²) in [7, 11) is 0. The molecule has 0 radical (unpaired) electrons. The highest BCUT2D eigenvalue weighted by Gasteiger charge is 2.23. The summed E-state index contributed by atoms with van der Waals surface area (Å²) in [5.74, 6) is 0.450. The molecule has 9 rings (SSSR count). The number of allylic oxidation sites excluding steroid dienone is 1. The quantitative estimate of drug-likeness (QED) is 0.195. The van der Waals surface area contributed by atoms with Crippen LogP contribution < -0.4 is 0 Å². The highest BCUT2D eigenvalue weighted by atomic mass is 15.0. The first-order valence-electron chi connectivity index (χ1n) is 16.6. The summed E-state index contributed by atoms with van der Waals surface area (Å²) in [6.07, 6.45) is 5.55. The molecule has 4 heteroatoms. The molecule has 1 unspecified atom stereocenters. The van der Waals surface area contributed by atoms with Crippen molar-refractivity contribution in [1.29, 1.82) is 10.5 Å². The van der Waals surface area contributed by atoms with Gasteiger partial charge in [0.15, 0.2) is 0 Å². The van der Waals surface area contributed by atoms with Gasteiger partial charge in [-0.3, -0.25) is 0 Å². The van der Waals surface area contributed by atoms with Crippen molar-refractivity contribution < 1.29 is 0 Å². The molecular weight excluding hydrogens is 597 g/mol. The Morgan fingerprint density at radius 2 is 1.27 bits per heavy atom. The standard InChI is InChI=1S/C45H30N4/c1-29-23-24-36-34-15-2-5-19-39(34)48(43(36)25-29)33-14-8-11-30(26-33)44-31(27-46)12-9-18-37(44)35-16-3-6-20-40(35)49-41-21-7-4-17-38(41)45-32(28-47)13-10-22-42(45)49/h2-24,26,29H,25H2,1H3. The van der Waals surface area contributed by atoms with Gasteiger partial charge in [-0.1, -0.05) is 104 Å². The molecule has 0 bridgehead atoms. The number of nitrogens with zero attached hydrogens (tertiary/aromatic N) is 4. The average Bonchev–Trinajstić information content (AvgIpc) is 3.67. The van der Waals surface area contributed by atoms with E-state index in [2.05, 4.69) is 137 Å². The molecule has 0 spiro atoms. The first-order valence-corrected chi connectivity index (χ1v) is 16.6. The zero-order valence-electron chi connectivity index (χ0n) is 26.9. The van der Waals surface area contributed by atoms with E-state index in [9.17, 15) is 10.5 Å². The fraction of sp³-hybridized carbons (Fsp3) is 0.0667. The monoisotopic (exact) mass is 626 g/mol. The van der Waals surface area contributed by atoms with E-state index in [0.717, 1.165) is 61.9 Å². The van der Waals surface area contributed by atoms with Gasteiger partial charge in [-0.05, 0) is 72.0 Å².